The Labute approximate surface area is 191 Å². The lowest BCUT2D eigenvalue weighted by Gasteiger charge is -2.25. The third-order valence-corrected chi connectivity index (χ3v) is 5.03. The summed E-state index contributed by atoms with van der Waals surface area (Å²) in [6.07, 6.45) is -4.71. The molecule has 0 aliphatic carbocycles. The summed E-state index contributed by atoms with van der Waals surface area (Å²) < 4.78 is 44.6. The smallest absolute Gasteiger partial charge is 0.418 e. The largest absolute Gasteiger partial charge is 0.452 e. The SMILES string of the molecule is CC(C)(C)c1cc(C(=O)OCC(=O)Nc2ccc(Cl)cc2C(F)(F)F)cc(C(C)(C)C)c1. The van der Waals surface area contributed by atoms with Gasteiger partial charge in [-0.25, -0.2) is 4.79 Å². The molecule has 1 N–H and O–H groups in total. The second kappa shape index (κ2) is 9.14. The highest BCUT2D eigenvalue weighted by Crippen LogP contribution is 2.36. The van der Waals surface area contributed by atoms with Crippen LogP contribution in [0.1, 0.15) is 68.6 Å². The summed E-state index contributed by atoms with van der Waals surface area (Å²) in [4.78, 5) is 24.8. The van der Waals surface area contributed by atoms with Crippen LogP contribution in [0, 0.1) is 0 Å². The highest BCUT2D eigenvalue weighted by atomic mass is 35.5. The van der Waals surface area contributed by atoms with Crippen LogP contribution in [0.5, 0.6) is 0 Å². The van der Waals surface area contributed by atoms with Crippen molar-refractivity contribution in [2.45, 2.75) is 58.5 Å². The van der Waals surface area contributed by atoms with Gasteiger partial charge in [-0.15, -0.1) is 0 Å². The lowest BCUT2D eigenvalue weighted by Crippen LogP contribution is -2.23. The third kappa shape index (κ3) is 6.73. The van der Waals surface area contributed by atoms with Gasteiger partial charge in [0.15, 0.2) is 6.61 Å². The maximum absolute atomic E-state index is 13.2. The average molecular weight is 470 g/mol. The first kappa shape index (κ1) is 25.7. The second-order valence-electron chi connectivity index (χ2n) is 9.61. The van der Waals surface area contributed by atoms with Crippen LogP contribution in [0.2, 0.25) is 5.02 Å². The topological polar surface area (TPSA) is 55.4 Å². The van der Waals surface area contributed by atoms with Crippen LogP contribution in [-0.4, -0.2) is 18.5 Å². The van der Waals surface area contributed by atoms with Crippen molar-refractivity contribution >= 4 is 29.2 Å². The minimum absolute atomic E-state index is 0.116. The van der Waals surface area contributed by atoms with E-state index in [0.717, 1.165) is 23.3 Å². The molecule has 32 heavy (non-hydrogen) atoms. The van der Waals surface area contributed by atoms with Gasteiger partial charge in [0, 0.05) is 5.02 Å². The number of carbonyl (C=O) groups excluding carboxylic acids is 2. The molecule has 0 radical (unpaired) electrons. The van der Waals surface area contributed by atoms with E-state index in [1.807, 2.05) is 47.6 Å². The lowest BCUT2D eigenvalue weighted by molar-refractivity contribution is -0.137. The summed E-state index contributed by atoms with van der Waals surface area (Å²) >= 11 is 5.64. The molecule has 0 aliphatic heterocycles. The van der Waals surface area contributed by atoms with Gasteiger partial charge in [-0.05, 0) is 52.3 Å². The number of hydrogen-bond acceptors (Lipinski definition) is 3. The molecule has 0 saturated carbocycles. The van der Waals surface area contributed by atoms with Crippen molar-refractivity contribution in [3.63, 3.8) is 0 Å². The monoisotopic (exact) mass is 469 g/mol. The number of anilines is 1. The standard InChI is InChI=1S/C24H27ClF3NO3/c1-22(2,3)15-9-14(10-16(11-15)23(4,5)6)21(31)32-13-20(30)29-19-8-7-17(25)12-18(19)24(26,27)28/h7-12H,13H2,1-6H3,(H,29,30). The molecule has 2 aromatic rings. The highest BCUT2D eigenvalue weighted by Gasteiger charge is 2.34. The van der Waals surface area contributed by atoms with Crippen LogP contribution < -0.4 is 5.32 Å². The third-order valence-electron chi connectivity index (χ3n) is 4.80. The van der Waals surface area contributed by atoms with Gasteiger partial charge in [-0.2, -0.15) is 13.2 Å². The van der Waals surface area contributed by atoms with Crippen LogP contribution >= 0.6 is 11.6 Å². The number of ether oxygens (including phenoxy) is 1. The quantitative estimate of drug-likeness (QED) is 0.504. The van der Waals surface area contributed by atoms with E-state index >= 15 is 0 Å². The Kier molecular flexibility index (Phi) is 7.34. The molecule has 1 amide bonds. The Balaban J connectivity index is 2.19. The van der Waals surface area contributed by atoms with E-state index in [0.29, 0.717) is 0 Å². The van der Waals surface area contributed by atoms with Crippen molar-refractivity contribution in [3.8, 4) is 0 Å². The lowest BCUT2D eigenvalue weighted by atomic mass is 9.79. The van der Waals surface area contributed by atoms with Gasteiger partial charge >= 0.3 is 12.1 Å². The minimum Gasteiger partial charge on any atom is -0.452 e. The maximum atomic E-state index is 13.2. The van der Waals surface area contributed by atoms with Crippen molar-refractivity contribution in [2.75, 3.05) is 11.9 Å². The summed E-state index contributed by atoms with van der Waals surface area (Å²) in [6.45, 7) is 11.4. The summed E-state index contributed by atoms with van der Waals surface area (Å²) in [5.41, 5.74) is 0.129. The van der Waals surface area contributed by atoms with Crippen molar-refractivity contribution < 1.29 is 27.5 Å². The zero-order chi connectivity index (χ0) is 24.5. The molecule has 0 heterocycles. The molecular weight excluding hydrogens is 443 g/mol. The van der Waals surface area contributed by atoms with Crippen LogP contribution in [0.3, 0.4) is 0 Å². The molecule has 0 saturated heterocycles. The van der Waals surface area contributed by atoms with Gasteiger partial charge in [0.05, 0.1) is 16.8 Å². The Hall–Kier alpha value is -2.54. The molecule has 0 fully saturated rings. The van der Waals surface area contributed by atoms with E-state index in [2.05, 4.69) is 5.32 Å². The van der Waals surface area contributed by atoms with Gasteiger partial charge < -0.3 is 10.1 Å². The van der Waals surface area contributed by atoms with Crippen LogP contribution in [0.15, 0.2) is 36.4 Å². The predicted molar refractivity (Wildman–Crippen MR) is 119 cm³/mol. The van der Waals surface area contributed by atoms with Crippen molar-refractivity contribution in [1.29, 1.82) is 0 Å². The first-order valence-electron chi connectivity index (χ1n) is 9.98. The van der Waals surface area contributed by atoms with E-state index < -0.39 is 35.9 Å². The molecule has 8 heteroatoms. The van der Waals surface area contributed by atoms with Gasteiger partial charge in [0.2, 0.25) is 0 Å². The van der Waals surface area contributed by atoms with Crippen molar-refractivity contribution in [2.24, 2.45) is 0 Å². The molecule has 2 aromatic carbocycles. The number of carbonyl (C=O) groups is 2. The summed E-state index contributed by atoms with van der Waals surface area (Å²) in [6, 6.07) is 8.43. The normalized spacial score (nSPS) is 12.4. The maximum Gasteiger partial charge on any atom is 0.418 e. The fourth-order valence-corrected chi connectivity index (χ4v) is 3.04. The van der Waals surface area contributed by atoms with E-state index in [9.17, 15) is 22.8 Å². The van der Waals surface area contributed by atoms with Crippen molar-refractivity contribution in [3.05, 3.63) is 63.7 Å². The molecule has 4 nitrogen and oxygen atoms in total. The average Bonchev–Trinajstić information content (AvgIpc) is 2.65. The Morgan fingerprint density at radius 3 is 1.91 bits per heavy atom. The number of halogens is 4. The fraction of sp³-hybridized carbons (Fsp3) is 0.417. The Bertz CT molecular complexity index is 986. The number of nitrogens with one attached hydrogen (secondary N) is 1. The minimum atomic E-state index is -4.71. The summed E-state index contributed by atoms with van der Waals surface area (Å²) in [5, 5.41) is 2.01. The van der Waals surface area contributed by atoms with E-state index in [1.54, 1.807) is 12.1 Å². The zero-order valence-corrected chi connectivity index (χ0v) is 19.7. The number of esters is 1. The first-order chi connectivity index (χ1) is 14.5. The van der Waals surface area contributed by atoms with Crippen molar-refractivity contribution in [1.82, 2.24) is 0 Å². The molecular formula is C24H27ClF3NO3. The molecule has 0 spiro atoms. The summed E-state index contributed by atoms with van der Waals surface area (Å²) in [5.74, 6) is -1.63. The van der Waals surface area contributed by atoms with Gasteiger partial charge in [-0.1, -0.05) is 59.2 Å². The first-order valence-corrected chi connectivity index (χ1v) is 10.4. The molecule has 0 atom stereocenters. The Morgan fingerprint density at radius 2 is 1.44 bits per heavy atom. The number of rotatable bonds is 4. The number of amides is 1. The van der Waals surface area contributed by atoms with E-state index in [1.165, 1.54) is 6.07 Å². The molecule has 0 aromatic heterocycles. The molecule has 2 rings (SSSR count). The number of alkyl halides is 3. The van der Waals surface area contributed by atoms with E-state index in [4.69, 9.17) is 16.3 Å². The molecule has 174 valence electrons. The van der Waals surface area contributed by atoms with Crippen LogP contribution in [0.25, 0.3) is 0 Å². The van der Waals surface area contributed by atoms with Gasteiger partial charge in [-0.3, -0.25) is 4.79 Å². The van der Waals surface area contributed by atoms with Gasteiger partial charge in [0.1, 0.15) is 0 Å². The molecule has 0 aliphatic rings. The summed E-state index contributed by atoms with van der Waals surface area (Å²) in [7, 11) is 0. The number of benzene rings is 2. The highest BCUT2D eigenvalue weighted by molar-refractivity contribution is 6.30. The Morgan fingerprint density at radius 1 is 0.906 bits per heavy atom. The molecule has 0 bridgehead atoms. The van der Waals surface area contributed by atoms with Gasteiger partial charge in [0.25, 0.3) is 5.91 Å². The van der Waals surface area contributed by atoms with Crippen LogP contribution in [-0.2, 0) is 26.5 Å². The predicted octanol–water partition coefficient (Wildman–Crippen LogP) is 6.75. The second-order valence-corrected chi connectivity index (χ2v) is 10.0. The number of hydrogen-bond donors (Lipinski definition) is 1. The fourth-order valence-electron chi connectivity index (χ4n) is 2.87. The van der Waals surface area contributed by atoms with Crippen LogP contribution in [0.4, 0.5) is 18.9 Å². The zero-order valence-electron chi connectivity index (χ0n) is 18.9. The van der Waals surface area contributed by atoms with E-state index in [-0.39, 0.29) is 21.4 Å². The molecule has 0 unspecified atom stereocenters.